The van der Waals surface area contributed by atoms with E-state index in [0.29, 0.717) is 11.5 Å². The first-order valence-corrected chi connectivity index (χ1v) is 11.4. The fourth-order valence-electron chi connectivity index (χ4n) is 4.22. The van der Waals surface area contributed by atoms with Crippen LogP contribution in [0.1, 0.15) is 5.56 Å². The van der Waals surface area contributed by atoms with Crippen molar-refractivity contribution in [3.8, 4) is 33.6 Å². The van der Waals surface area contributed by atoms with Crippen molar-refractivity contribution < 1.29 is 4.42 Å². The van der Waals surface area contributed by atoms with Gasteiger partial charge in [-0.05, 0) is 22.3 Å². The standard InChI is InChI=1S/C31H21N3O/c1-4-10-22(11-5-1)20-32-30-28-27(25-14-8-3-9-15-25)29(35-31(28)34-21-33-30)26-18-16-24(17-19-26)23-12-6-2-7-13-23/h1-21H. The van der Waals surface area contributed by atoms with Gasteiger partial charge < -0.3 is 4.42 Å². The van der Waals surface area contributed by atoms with Crippen LogP contribution >= 0.6 is 0 Å². The molecule has 4 heteroatoms. The Morgan fingerprint density at radius 3 is 1.83 bits per heavy atom. The number of hydrogen-bond acceptors (Lipinski definition) is 4. The predicted molar refractivity (Wildman–Crippen MR) is 142 cm³/mol. The lowest BCUT2D eigenvalue weighted by Gasteiger charge is -2.06. The average molecular weight is 452 g/mol. The Morgan fingerprint density at radius 2 is 1.14 bits per heavy atom. The molecule has 0 N–H and O–H groups in total. The molecule has 0 saturated carbocycles. The van der Waals surface area contributed by atoms with Crippen LogP contribution in [0.3, 0.4) is 0 Å². The van der Waals surface area contributed by atoms with Gasteiger partial charge in [0.05, 0.1) is 5.39 Å². The summed E-state index contributed by atoms with van der Waals surface area (Å²) in [5.41, 5.74) is 6.78. The molecule has 0 atom stereocenters. The minimum absolute atomic E-state index is 0.515. The fourth-order valence-corrected chi connectivity index (χ4v) is 4.22. The highest BCUT2D eigenvalue weighted by Gasteiger charge is 2.21. The SMILES string of the molecule is C(=Nc1ncnc2oc(-c3ccc(-c4ccccc4)cc3)c(-c3ccccc3)c12)c1ccccc1. The summed E-state index contributed by atoms with van der Waals surface area (Å²) in [5, 5.41) is 0.799. The Kier molecular flexibility index (Phi) is 5.45. The van der Waals surface area contributed by atoms with E-state index in [4.69, 9.17) is 9.41 Å². The monoisotopic (exact) mass is 451 g/mol. The third-order valence-electron chi connectivity index (χ3n) is 5.92. The molecule has 0 spiro atoms. The zero-order valence-electron chi connectivity index (χ0n) is 18.9. The quantitative estimate of drug-likeness (QED) is 0.250. The first-order valence-electron chi connectivity index (χ1n) is 11.4. The number of aromatic nitrogens is 2. The minimum atomic E-state index is 0.515. The second-order valence-electron chi connectivity index (χ2n) is 8.16. The van der Waals surface area contributed by atoms with E-state index in [2.05, 4.69) is 58.5 Å². The number of fused-ring (bicyclic) bond motifs is 1. The Bertz CT molecular complexity index is 1610. The average Bonchev–Trinajstić information content (AvgIpc) is 3.34. The molecule has 0 fully saturated rings. The topological polar surface area (TPSA) is 51.3 Å². The molecule has 2 heterocycles. The summed E-state index contributed by atoms with van der Waals surface area (Å²) in [6.07, 6.45) is 3.32. The van der Waals surface area contributed by atoms with Crippen molar-refractivity contribution in [3.63, 3.8) is 0 Å². The fraction of sp³-hybridized carbons (Fsp3) is 0. The van der Waals surface area contributed by atoms with Crippen molar-refractivity contribution in [2.75, 3.05) is 0 Å². The third kappa shape index (κ3) is 4.13. The number of rotatable bonds is 5. The molecular weight excluding hydrogens is 430 g/mol. The zero-order chi connectivity index (χ0) is 23.5. The summed E-state index contributed by atoms with van der Waals surface area (Å²) >= 11 is 0. The summed E-state index contributed by atoms with van der Waals surface area (Å²) < 4.78 is 6.35. The van der Waals surface area contributed by atoms with Crippen molar-refractivity contribution in [2.24, 2.45) is 4.99 Å². The van der Waals surface area contributed by atoms with Crippen molar-refractivity contribution in [1.29, 1.82) is 0 Å². The summed E-state index contributed by atoms with van der Waals surface area (Å²) in [4.78, 5) is 13.7. The first kappa shape index (κ1) is 20.8. The van der Waals surface area contributed by atoms with Gasteiger partial charge in [0.1, 0.15) is 12.1 Å². The van der Waals surface area contributed by atoms with E-state index in [1.165, 1.54) is 11.9 Å². The van der Waals surface area contributed by atoms with E-state index in [1.54, 1.807) is 0 Å². The first-order chi connectivity index (χ1) is 17.4. The lowest BCUT2D eigenvalue weighted by atomic mass is 9.97. The maximum absolute atomic E-state index is 6.35. The van der Waals surface area contributed by atoms with Crippen LogP contribution in [0.15, 0.2) is 131 Å². The van der Waals surface area contributed by atoms with Gasteiger partial charge in [0.15, 0.2) is 5.82 Å². The van der Waals surface area contributed by atoms with E-state index in [0.717, 1.165) is 39.0 Å². The van der Waals surface area contributed by atoms with E-state index >= 15 is 0 Å². The second-order valence-corrected chi connectivity index (χ2v) is 8.16. The van der Waals surface area contributed by atoms with Crippen molar-refractivity contribution in [1.82, 2.24) is 9.97 Å². The maximum atomic E-state index is 6.35. The maximum Gasteiger partial charge on any atom is 0.232 e. The van der Waals surface area contributed by atoms with E-state index in [1.807, 2.05) is 72.9 Å². The molecule has 0 radical (unpaired) electrons. The molecule has 0 aliphatic carbocycles. The van der Waals surface area contributed by atoms with Gasteiger partial charge >= 0.3 is 0 Å². The number of nitrogens with zero attached hydrogens (tertiary/aromatic N) is 3. The van der Waals surface area contributed by atoms with Gasteiger partial charge in [-0.3, -0.25) is 0 Å². The minimum Gasteiger partial charge on any atom is -0.437 e. The van der Waals surface area contributed by atoms with Crippen LogP contribution in [0, 0.1) is 0 Å². The highest BCUT2D eigenvalue weighted by molar-refractivity contribution is 6.06. The molecular formula is C31H21N3O. The lowest BCUT2D eigenvalue weighted by molar-refractivity contribution is 0.618. The molecule has 6 aromatic rings. The van der Waals surface area contributed by atoms with Gasteiger partial charge in [-0.15, -0.1) is 0 Å². The van der Waals surface area contributed by atoms with Crippen LogP contribution in [-0.2, 0) is 0 Å². The normalized spacial score (nSPS) is 11.3. The van der Waals surface area contributed by atoms with Gasteiger partial charge in [0.25, 0.3) is 0 Å². The molecule has 166 valence electrons. The van der Waals surface area contributed by atoms with E-state index < -0.39 is 0 Å². The van der Waals surface area contributed by atoms with Crippen molar-refractivity contribution in [2.45, 2.75) is 0 Å². The highest BCUT2D eigenvalue weighted by atomic mass is 16.3. The molecule has 4 nitrogen and oxygen atoms in total. The molecule has 35 heavy (non-hydrogen) atoms. The summed E-state index contributed by atoms with van der Waals surface area (Å²) in [5.74, 6) is 1.33. The molecule has 0 saturated heterocycles. The Hall–Kier alpha value is -4.83. The summed E-state index contributed by atoms with van der Waals surface area (Å²) in [6, 6.07) is 38.9. The number of hydrogen-bond donors (Lipinski definition) is 0. The van der Waals surface area contributed by atoms with Gasteiger partial charge in [-0.1, -0.05) is 115 Å². The Morgan fingerprint density at radius 1 is 0.571 bits per heavy atom. The molecule has 6 rings (SSSR count). The molecule has 0 aliphatic heterocycles. The van der Waals surface area contributed by atoms with Crippen LogP contribution in [0.4, 0.5) is 5.82 Å². The molecule has 0 aliphatic rings. The van der Waals surface area contributed by atoms with Gasteiger partial charge in [0.2, 0.25) is 5.71 Å². The van der Waals surface area contributed by atoms with Crippen LogP contribution in [0.25, 0.3) is 44.7 Å². The molecule has 0 amide bonds. The lowest BCUT2D eigenvalue weighted by Crippen LogP contribution is -1.85. The van der Waals surface area contributed by atoms with Crippen LogP contribution in [-0.4, -0.2) is 16.2 Å². The second kappa shape index (κ2) is 9.20. The highest BCUT2D eigenvalue weighted by Crippen LogP contribution is 2.43. The number of aliphatic imine (C=N–C) groups is 1. The van der Waals surface area contributed by atoms with Crippen LogP contribution in [0.5, 0.6) is 0 Å². The van der Waals surface area contributed by atoms with Crippen molar-refractivity contribution in [3.05, 3.63) is 127 Å². The molecule has 2 aromatic heterocycles. The van der Waals surface area contributed by atoms with E-state index in [-0.39, 0.29) is 0 Å². The van der Waals surface area contributed by atoms with Crippen molar-refractivity contribution >= 4 is 23.1 Å². The van der Waals surface area contributed by atoms with Crippen LogP contribution in [0.2, 0.25) is 0 Å². The zero-order valence-corrected chi connectivity index (χ0v) is 18.9. The third-order valence-corrected chi connectivity index (χ3v) is 5.92. The van der Waals surface area contributed by atoms with Gasteiger partial charge in [-0.25, -0.2) is 15.0 Å². The van der Waals surface area contributed by atoms with Crippen LogP contribution < -0.4 is 0 Å². The Balaban J connectivity index is 1.52. The molecule has 0 bridgehead atoms. The number of furan rings is 1. The smallest absolute Gasteiger partial charge is 0.232 e. The van der Waals surface area contributed by atoms with Gasteiger partial charge in [0, 0.05) is 17.3 Å². The summed E-state index contributed by atoms with van der Waals surface area (Å²) in [7, 11) is 0. The van der Waals surface area contributed by atoms with E-state index in [9.17, 15) is 0 Å². The number of benzene rings is 4. The Labute approximate surface area is 203 Å². The van der Waals surface area contributed by atoms with Gasteiger partial charge in [-0.2, -0.15) is 0 Å². The molecule has 4 aromatic carbocycles. The largest absolute Gasteiger partial charge is 0.437 e. The molecule has 0 unspecified atom stereocenters. The predicted octanol–water partition coefficient (Wildman–Crippen LogP) is 7.97. The summed E-state index contributed by atoms with van der Waals surface area (Å²) in [6.45, 7) is 0.